The minimum Gasteiger partial charge on any atom is -0.465 e. The number of anilines is 1. The lowest BCUT2D eigenvalue weighted by molar-refractivity contribution is -0.115. The average Bonchev–Trinajstić information content (AvgIpc) is 2.98. The van der Waals surface area contributed by atoms with Gasteiger partial charge in [0.15, 0.2) is 11.6 Å². The number of carbonyl (C=O) groups is 3. The number of methoxy groups -OCH3 is 1. The molecular weight excluding hydrogens is 360 g/mol. The third-order valence-electron chi connectivity index (χ3n) is 3.91. The first kappa shape index (κ1) is 20.1. The third kappa shape index (κ3) is 4.49. The summed E-state index contributed by atoms with van der Waals surface area (Å²) in [5, 5.41) is 4.75. The van der Waals surface area contributed by atoms with Crippen molar-refractivity contribution in [1.82, 2.24) is 10.3 Å². The van der Waals surface area contributed by atoms with Gasteiger partial charge in [0.05, 0.1) is 19.2 Å². The highest BCUT2D eigenvalue weighted by atomic mass is 19.2. The molecule has 2 aromatic rings. The maximum absolute atomic E-state index is 13.1. The molecule has 0 radical (unpaired) electrons. The van der Waals surface area contributed by atoms with E-state index >= 15 is 0 Å². The molecule has 27 heavy (non-hydrogen) atoms. The first-order valence-electron chi connectivity index (χ1n) is 8.11. The zero-order valence-corrected chi connectivity index (χ0v) is 15.0. The number of ether oxygens (including phenoxy) is 1. The summed E-state index contributed by atoms with van der Waals surface area (Å²) in [6, 6.07) is 2.91. The summed E-state index contributed by atoms with van der Waals surface area (Å²) in [5.74, 6) is -3.89. The monoisotopic (exact) mass is 379 g/mol. The molecule has 0 saturated heterocycles. The van der Waals surface area contributed by atoms with E-state index in [2.05, 4.69) is 15.6 Å². The van der Waals surface area contributed by atoms with Crippen LogP contribution in [0.2, 0.25) is 0 Å². The van der Waals surface area contributed by atoms with Gasteiger partial charge in [-0.2, -0.15) is 0 Å². The van der Waals surface area contributed by atoms with Crippen molar-refractivity contribution in [2.45, 2.75) is 20.3 Å². The van der Waals surface area contributed by atoms with E-state index in [0.29, 0.717) is 17.7 Å². The van der Waals surface area contributed by atoms with Crippen molar-refractivity contribution < 1.29 is 27.9 Å². The Bertz CT molecular complexity index is 893. The fourth-order valence-corrected chi connectivity index (χ4v) is 2.56. The SMILES string of the molecule is CCc1[nH]c(C(=O)NCC(=O)Nc2ccc(F)c(F)c2)c(C)c1C(=O)OC. The molecule has 0 unspecified atom stereocenters. The molecule has 7 nitrogen and oxygen atoms in total. The molecule has 0 spiro atoms. The molecule has 144 valence electrons. The number of amides is 2. The van der Waals surface area contributed by atoms with Crippen LogP contribution in [0.5, 0.6) is 0 Å². The van der Waals surface area contributed by atoms with Gasteiger partial charge < -0.3 is 20.4 Å². The summed E-state index contributed by atoms with van der Waals surface area (Å²) in [6.45, 7) is 3.01. The van der Waals surface area contributed by atoms with Crippen LogP contribution in [0, 0.1) is 18.6 Å². The summed E-state index contributed by atoms with van der Waals surface area (Å²) in [7, 11) is 1.25. The predicted octanol–water partition coefficient (Wildman–Crippen LogP) is 2.32. The third-order valence-corrected chi connectivity index (χ3v) is 3.91. The molecule has 0 aliphatic rings. The number of aryl methyl sites for hydroxylation is 1. The zero-order valence-electron chi connectivity index (χ0n) is 15.0. The van der Waals surface area contributed by atoms with E-state index in [0.717, 1.165) is 12.1 Å². The molecule has 9 heteroatoms. The number of hydrogen-bond acceptors (Lipinski definition) is 4. The Morgan fingerprint density at radius 3 is 2.48 bits per heavy atom. The lowest BCUT2D eigenvalue weighted by atomic mass is 10.1. The van der Waals surface area contributed by atoms with Crippen molar-refractivity contribution >= 4 is 23.5 Å². The first-order valence-corrected chi connectivity index (χ1v) is 8.11. The highest BCUT2D eigenvalue weighted by Crippen LogP contribution is 2.20. The van der Waals surface area contributed by atoms with Crippen LogP contribution in [0.1, 0.15) is 39.0 Å². The maximum Gasteiger partial charge on any atom is 0.339 e. The molecule has 0 aliphatic heterocycles. The zero-order chi connectivity index (χ0) is 20.1. The van der Waals surface area contributed by atoms with E-state index in [1.165, 1.54) is 13.2 Å². The topological polar surface area (TPSA) is 100 Å². The average molecular weight is 379 g/mol. The van der Waals surface area contributed by atoms with Gasteiger partial charge in [-0.25, -0.2) is 13.6 Å². The van der Waals surface area contributed by atoms with Gasteiger partial charge >= 0.3 is 5.97 Å². The number of H-pyrrole nitrogens is 1. The van der Waals surface area contributed by atoms with Gasteiger partial charge in [-0.05, 0) is 31.0 Å². The molecule has 2 amide bonds. The second-order valence-corrected chi connectivity index (χ2v) is 5.68. The van der Waals surface area contributed by atoms with Crippen molar-refractivity contribution in [1.29, 1.82) is 0 Å². The minimum atomic E-state index is -1.10. The Hall–Kier alpha value is -3.23. The Kier molecular flexibility index (Phi) is 6.27. The van der Waals surface area contributed by atoms with Crippen LogP contribution < -0.4 is 10.6 Å². The number of benzene rings is 1. The molecule has 1 heterocycles. The summed E-state index contributed by atoms with van der Waals surface area (Å²) >= 11 is 0. The number of hydrogen-bond donors (Lipinski definition) is 3. The summed E-state index contributed by atoms with van der Waals surface area (Å²) in [5.41, 5.74) is 1.46. The van der Waals surface area contributed by atoms with E-state index in [4.69, 9.17) is 4.74 Å². The molecule has 1 aromatic carbocycles. The normalized spacial score (nSPS) is 10.4. The second-order valence-electron chi connectivity index (χ2n) is 5.68. The Balaban J connectivity index is 2.05. The first-order chi connectivity index (χ1) is 12.8. The highest BCUT2D eigenvalue weighted by molar-refractivity contribution is 6.02. The molecule has 3 N–H and O–H groups in total. The van der Waals surface area contributed by atoms with Crippen LogP contribution in [0.3, 0.4) is 0 Å². The summed E-state index contributed by atoms with van der Waals surface area (Å²) < 4.78 is 30.7. The lowest BCUT2D eigenvalue weighted by Gasteiger charge is -2.07. The molecule has 0 aliphatic carbocycles. The molecule has 0 atom stereocenters. The van der Waals surface area contributed by atoms with E-state index in [9.17, 15) is 23.2 Å². The summed E-state index contributed by atoms with van der Waals surface area (Å²) in [4.78, 5) is 39.0. The number of nitrogens with one attached hydrogen (secondary N) is 3. The van der Waals surface area contributed by atoms with Crippen LogP contribution in [-0.2, 0) is 16.0 Å². The smallest absolute Gasteiger partial charge is 0.339 e. The van der Waals surface area contributed by atoms with Gasteiger partial charge in [-0.15, -0.1) is 0 Å². The van der Waals surface area contributed by atoms with Crippen LogP contribution >= 0.6 is 0 Å². The Labute approximate surface area is 154 Å². The number of aromatic nitrogens is 1. The van der Waals surface area contributed by atoms with E-state index in [-0.39, 0.29) is 16.9 Å². The number of esters is 1. The molecule has 0 saturated carbocycles. The number of rotatable bonds is 6. The lowest BCUT2D eigenvalue weighted by Crippen LogP contribution is -2.33. The van der Waals surface area contributed by atoms with Crippen LogP contribution in [-0.4, -0.2) is 36.4 Å². The number of halogens is 2. The number of aromatic amines is 1. The molecule has 1 aromatic heterocycles. The van der Waals surface area contributed by atoms with Crippen molar-refractivity contribution in [2.75, 3.05) is 19.0 Å². The van der Waals surface area contributed by atoms with E-state index < -0.39 is 36.0 Å². The van der Waals surface area contributed by atoms with Crippen molar-refractivity contribution in [3.8, 4) is 0 Å². The fourth-order valence-electron chi connectivity index (χ4n) is 2.56. The summed E-state index contributed by atoms with van der Waals surface area (Å²) in [6.07, 6.45) is 0.481. The van der Waals surface area contributed by atoms with Crippen molar-refractivity contribution in [2.24, 2.45) is 0 Å². The molecule has 0 bridgehead atoms. The number of carbonyl (C=O) groups excluding carboxylic acids is 3. The molecular formula is C18H19F2N3O4. The molecule has 0 fully saturated rings. The van der Waals surface area contributed by atoms with Gasteiger partial charge in [-0.3, -0.25) is 9.59 Å². The standard InChI is InChI=1S/C18H19F2N3O4/c1-4-13-15(18(26)27-3)9(2)16(23-13)17(25)21-8-14(24)22-10-5-6-11(19)12(20)7-10/h5-7,23H,4,8H2,1-3H3,(H,21,25)(H,22,24). The predicted molar refractivity (Wildman–Crippen MR) is 93.6 cm³/mol. The quantitative estimate of drug-likeness (QED) is 0.671. The van der Waals surface area contributed by atoms with Crippen LogP contribution in [0.4, 0.5) is 14.5 Å². The highest BCUT2D eigenvalue weighted by Gasteiger charge is 2.23. The maximum atomic E-state index is 13.1. The van der Waals surface area contributed by atoms with Gasteiger partial charge in [-0.1, -0.05) is 6.92 Å². The van der Waals surface area contributed by atoms with Gasteiger partial charge in [0, 0.05) is 17.4 Å². The Morgan fingerprint density at radius 1 is 1.19 bits per heavy atom. The van der Waals surface area contributed by atoms with Crippen molar-refractivity contribution in [3.63, 3.8) is 0 Å². The Morgan fingerprint density at radius 2 is 1.89 bits per heavy atom. The van der Waals surface area contributed by atoms with E-state index in [1.54, 1.807) is 6.92 Å². The fraction of sp³-hybridized carbons (Fsp3) is 0.278. The van der Waals surface area contributed by atoms with Crippen molar-refractivity contribution in [3.05, 3.63) is 52.3 Å². The minimum absolute atomic E-state index is 0.0606. The van der Waals surface area contributed by atoms with Gasteiger partial charge in [0.2, 0.25) is 5.91 Å². The molecule has 2 rings (SSSR count). The largest absolute Gasteiger partial charge is 0.465 e. The van der Waals surface area contributed by atoms with Gasteiger partial charge in [0.1, 0.15) is 5.69 Å². The van der Waals surface area contributed by atoms with Crippen LogP contribution in [0.25, 0.3) is 0 Å². The second kappa shape index (κ2) is 8.43. The van der Waals surface area contributed by atoms with E-state index in [1.807, 2.05) is 6.92 Å². The van der Waals surface area contributed by atoms with Gasteiger partial charge in [0.25, 0.3) is 5.91 Å². The van der Waals surface area contributed by atoms with Crippen LogP contribution in [0.15, 0.2) is 18.2 Å².